The summed E-state index contributed by atoms with van der Waals surface area (Å²) in [6.45, 7) is 2.43. The fourth-order valence-corrected chi connectivity index (χ4v) is 5.11. The van der Waals surface area contributed by atoms with E-state index in [1.54, 1.807) is 0 Å². The van der Waals surface area contributed by atoms with Crippen molar-refractivity contribution < 1.29 is 9.63 Å². The van der Waals surface area contributed by atoms with E-state index in [-0.39, 0.29) is 5.78 Å². The molecule has 2 atom stereocenters. The Morgan fingerprint density at radius 3 is 2.86 bits per heavy atom. The Labute approximate surface area is 173 Å². The van der Waals surface area contributed by atoms with E-state index >= 15 is 0 Å². The summed E-state index contributed by atoms with van der Waals surface area (Å²) in [5.41, 5.74) is 5.92. The van der Waals surface area contributed by atoms with Gasteiger partial charge in [-0.25, -0.2) is 0 Å². The molecule has 0 amide bonds. The average molecular weight is 398 g/mol. The highest BCUT2D eigenvalue weighted by Gasteiger charge is 2.28. The van der Waals surface area contributed by atoms with Gasteiger partial charge in [-0.05, 0) is 67.6 Å². The number of hydrogen-bond donors (Lipinski definition) is 1. The van der Waals surface area contributed by atoms with Crippen LogP contribution in [0.4, 0.5) is 0 Å². The molecule has 2 aliphatic rings. The fourth-order valence-electron chi connectivity index (χ4n) is 3.84. The van der Waals surface area contributed by atoms with Crippen LogP contribution in [0.15, 0.2) is 65.9 Å². The van der Waals surface area contributed by atoms with Crippen LogP contribution in [0, 0.1) is 11.8 Å². The molecule has 1 aromatic rings. The average Bonchev–Trinajstić information content (AvgIpc) is 2.73. The molecule has 1 saturated heterocycles. The van der Waals surface area contributed by atoms with E-state index in [0.717, 1.165) is 30.0 Å². The number of Topliss-reactive ketones (excluding diaryl/α,β-unsaturated/α-hetero) is 1. The first kappa shape index (κ1) is 20.9. The van der Waals surface area contributed by atoms with Gasteiger partial charge in [0.2, 0.25) is 0 Å². The maximum Gasteiger partial charge on any atom is 0.162 e. The number of rotatable bonds is 8. The Bertz CT molecular complexity index is 717. The SMILES string of the molecule is CC(=CC1=CCC(C2CCCSC2)CC1=O)NOCC=CCc1ccccc1. The quantitative estimate of drug-likeness (QED) is 0.369. The Morgan fingerprint density at radius 2 is 2.11 bits per heavy atom. The summed E-state index contributed by atoms with van der Waals surface area (Å²) >= 11 is 2.05. The lowest BCUT2D eigenvalue weighted by Crippen LogP contribution is -2.26. The summed E-state index contributed by atoms with van der Waals surface area (Å²) in [4.78, 5) is 18.0. The molecule has 1 heterocycles. The van der Waals surface area contributed by atoms with Crippen molar-refractivity contribution in [3.8, 4) is 0 Å². The lowest BCUT2D eigenvalue weighted by molar-refractivity contribution is -0.117. The van der Waals surface area contributed by atoms with Gasteiger partial charge in [0.25, 0.3) is 0 Å². The van der Waals surface area contributed by atoms with Gasteiger partial charge in [-0.1, -0.05) is 48.6 Å². The number of hydroxylamine groups is 1. The molecular weight excluding hydrogens is 366 g/mol. The molecule has 1 aliphatic carbocycles. The molecule has 1 N–H and O–H groups in total. The summed E-state index contributed by atoms with van der Waals surface area (Å²) in [5, 5.41) is 0. The van der Waals surface area contributed by atoms with Gasteiger partial charge in [-0.3, -0.25) is 15.1 Å². The number of carbonyl (C=O) groups excluding carboxylic acids is 1. The monoisotopic (exact) mass is 397 g/mol. The zero-order chi connectivity index (χ0) is 19.6. The van der Waals surface area contributed by atoms with E-state index in [0.29, 0.717) is 18.9 Å². The molecule has 0 aromatic heterocycles. The molecule has 1 fully saturated rings. The van der Waals surface area contributed by atoms with Crippen molar-refractivity contribution in [3.63, 3.8) is 0 Å². The lowest BCUT2D eigenvalue weighted by atomic mass is 9.78. The fraction of sp³-hybridized carbons (Fsp3) is 0.458. The number of carbonyl (C=O) groups is 1. The van der Waals surface area contributed by atoms with Gasteiger partial charge in [0.05, 0.1) is 6.61 Å². The number of ketones is 1. The number of thioether (sulfide) groups is 1. The van der Waals surface area contributed by atoms with Crippen LogP contribution in [0.5, 0.6) is 0 Å². The topological polar surface area (TPSA) is 38.3 Å². The van der Waals surface area contributed by atoms with E-state index < -0.39 is 0 Å². The van der Waals surface area contributed by atoms with Crippen LogP contribution in [0.1, 0.15) is 38.2 Å². The second-order valence-corrected chi connectivity index (χ2v) is 8.81. The van der Waals surface area contributed by atoms with Crippen LogP contribution in [0.25, 0.3) is 0 Å². The standard InChI is InChI=1S/C24H31NO2S/c1-19(25-27-14-6-5-10-20-8-3-2-4-9-20)16-22-13-12-21(17-24(22)26)23-11-7-15-28-18-23/h2-6,8-9,13,16,21,23,25H,7,10-12,14-15,17-18H2,1H3. The molecule has 1 aromatic carbocycles. The highest BCUT2D eigenvalue weighted by molar-refractivity contribution is 7.99. The molecule has 0 spiro atoms. The minimum atomic E-state index is 0.274. The number of benzene rings is 1. The minimum Gasteiger partial charge on any atom is -0.294 e. The molecule has 150 valence electrons. The third-order valence-corrected chi connectivity index (χ3v) is 6.66. The maximum absolute atomic E-state index is 12.5. The second-order valence-electron chi connectivity index (χ2n) is 7.66. The van der Waals surface area contributed by atoms with Crippen LogP contribution in [-0.2, 0) is 16.1 Å². The maximum atomic E-state index is 12.5. The van der Waals surface area contributed by atoms with Gasteiger partial charge in [-0.2, -0.15) is 11.8 Å². The van der Waals surface area contributed by atoms with E-state index in [1.165, 1.54) is 29.9 Å². The van der Waals surface area contributed by atoms with Gasteiger partial charge in [0.15, 0.2) is 5.78 Å². The van der Waals surface area contributed by atoms with Crippen LogP contribution in [0.2, 0.25) is 0 Å². The molecule has 0 radical (unpaired) electrons. The van der Waals surface area contributed by atoms with Crippen LogP contribution in [-0.4, -0.2) is 23.9 Å². The van der Waals surface area contributed by atoms with Crippen molar-refractivity contribution in [2.24, 2.45) is 11.8 Å². The lowest BCUT2D eigenvalue weighted by Gasteiger charge is -2.31. The molecule has 0 saturated carbocycles. The predicted molar refractivity (Wildman–Crippen MR) is 118 cm³/mol. The minimum absolute atomic E-state index is 0.274. The highest BCUT2D eigenvalue weighted by atomic mass is 32.2. The number of nitrogens with one attached hydrogen (secondary N) is 1. The van der Waals surface area contributed by atoms with Crippen molar-refractivity contribution in [3.05, 3.63) is 71.5 Å². The van der Waals surface area contributed by atoms with Crippen molar-refractivity contribution in [2.75, 3.05) is 18.1 Å². The van der Waals surface area contributed by atoms with Crippen molar-refractivity contribution in [2.45, 2.75) is 39.0 Å². The molecule has 2 unspecified atom stereocenters. The van der Waals surface area contributed by atoms with Gasteiger partial charge >= 0.3 is 0 Å². The first-order valence-electron chi connectivity index (χ1n) is 10.3. The van der Waals surface area contributed by atoms with Gasteiger partial charge in [0.1, 0.15) is 0 Å². The summed E-state index contributed by atoms with van der Waals surface area (Å²) in [5.74, 6) is 4.04. The Hall–Kier alpha value is -1.78. The zero-order valence-corrected chi connectivity index (χ0v) is 17.5. The highest BCUT2D eigenvalue weighted by Crippen LogP contribution is 2.35. The van der Waals surface area contributed by atoms with Crippen LogP contribution < -0.4 is 5.48 Å². The molecule has 0 bridgehead atoms. The van der Waals surface area contributed by atoms with E-state index in [4.69, 9.17) is 4.84 Å². The van der Waals surface area contributed by atoms with E-state index in [1.807, 2.05) is 49.0 Å². The smallest absolute Gasteiger partial charge is 0.162 e. The molecule has 28 heavy (non-hydrogen) atoms. The molecule has 3 rings (SSSR count). The summed E-state index contributed by atoms with van der Waals surface area (Å²) in [6, 6.07) is 10.3. The van der Waals surface area contributed by atoms with Gasteiger partial charge < -0.3 is 0 Å². The molecular formula is C24H31NO2S. The zero-order valence-electron chi connectivity index (χ0n) is 16.7. The summed E-state index contributed by atoms with van der Waals surface area (Å²) in [6.07, 6.45) is 13.4. The van der Waals surface area contributed by atoms with Gasteiger partial charge in [-0.15, -0.1) is 0 Å². The largest absolute Gasteiger partial charge is 0.294 e. The van der Waals surface area contributed by atoms with Gasteiger partial charge in [0, 0.05) is 17.7 Å². The Kier molecular flexibility index (Phi) is 8.43. The van der Waals surface area contributed by atoms with E-state index in [2.05, 4.69) is 29.8 Å². The normalized spacial score (nSPS) is 23.7. The van der Waals surface area contributed by atoms with E-state index in [9.17, 15) is 4.79 Å². The third kappa shape index (κ3) is 6.68. The van der Waals surface area contributed by atoms with Crippen LogP contribution in [0.3, 0.4) is 0 Å². The molecule has 1 aliphatic heterocycles. The predicted octanol–water partition coefficient (Wildman–Crippen LogP) is 5.26. The number of hydrogen-bond acceptors (Lipinski definition) is 4. The Balaban J connectivity index is 1.39. The number of allylic oxidation sites excluding steroid dienone is 5. The van der Waals surface area contributed by atoms with Crippen LogP contribution >= 0.6 is 11.8 Å². The Morgan fingerprint density at radius 1 is 1.25 bits per heavy atom. The first-order valence-corrected chi connectivity index (χ1v) is 11.4. The summed E-state index contributed by atoms with van der Waals surface area (Å²) < 4.78 is 0. The van der Waals surface area contributed by atoms with Crippen molar-refractivity contribution in [1.82, 2.24) is 5.48 Å². The second kappa shape index (κ2) is 11.3. The third-order valence-electron chi connectivity index (χ3n) is 5.42. The molecule has 4 heteroatoms. The van der Waals surface area contributed by atoms with Crippen molar-refractivity contribution in [1.29, 1.82) is 0 Å². The first-order chi connectivity index (χ1) is 13.7. The molecule has 3 nitrogen and oxygen atoms in total. The van der Waals surface area contributed by atoms with Crippen molar-refractivity contribution >= 4 is 17.5 Å². The summed E-state index contributed by atoms with van der Waals surface area (Å²) in [7, 11) is 0.